The number of nitrogens with zero attached hydrogens (tertiary/aromatic N) is 1. The molecule has 1 unspecified atom stereocenters. The first kappa shape index (κ1) is 17.6. The fourth-order valence-corrected chi connectivity index (χ4v) is 4.09. The van der Waals surface area contributed by atoms with Gasteiger partial charge in [0.15, 0.2) is 0 Å². The Morgan fingerprint density at radius 2 is 2.12 bits per heavy atom. The van der Waals surface area contributed by atoms with Gasteiger partial charge in [-0.3, -0.25) is 14.9 Å². The van der Waals surface area contributed by atoms with E-state index >= 15 is 0 Å². The summed E-state index contributed by atoms with van der Waals surface area (Å²) in [6.45, 7) is 0. The van der Waals surface area contributed by atoms with Gasteiger partial charge in [-0.1, -0.05) is 11.6 Å². The highest BCUT2D eigenvalue weighted by molar-refractivity contribution is 7.99. The van der Waals surface area contributed by atoms with Crippen molar-refractivity contribution < 1.29 is 9.72 Å². The number of halogens is 1. The Morgan fingerprint density at radius 3 is 2.84 bits per heavy atom. The van der Waals surface area contributed by atoms with Crippen molar-refractivity contribution in [3.8, 4) is 0 Å². The molecule has 0 bridgehead atoms. The number of thioether (sulfide) groups is 1. The molecule has 0 radical (unpaired) electrons. The average molecular weight is 378 g/mol. The van der Waals surface area contributed by atoms with Gasteiger partial charge in [-0.15, -0.1) is 11.8 Å². The minimum absolute atomic E-state index is 0.119. The van der Waals surface area contributed by atoms with Crippen LogP contribution in [0.5, 0.6) is 0 Å². The van der Waals surface area contributed by atoms with Crippen molar-refractivity contribution in [3.05, 3.63) is 62.7 Å². The molecule has 2 aromatic rings. The highest BCUT2D eigenvalue weighted by atomic mass is 35.5. The third-order valence-electron chi connectivity index (χ3n) is 4.04. The zero-order chi connectivity index (χ0) is 18.0. The molecule has 8 heteroatoms. The van der Waals surface area contributed by atoms with Crippen molar-refractivity contribution in [2.45, 2.75) is 17.4 Å². The van der Waals surface area contributed by atoms with E-state index in [1.54, 1.807) is 18.8 Å². The fourth-order valence-electron chi connectivity index (χ4n) is 2.80. The summed E-state index contributed by atoms with van der Waals surface area (Å²) in [5, 5.41) is 17.5. The largest absolute Gasteiger partial charge is 0.387 e. The van der Waals surface area contributed by atoms with Crippen molar-refractivity contribution in [2.24, 2.45) is 0 Å². The zero-order valence-electron chi connectivity index (χ0n) is 13.4. The Bertz CT molecular complexity index is 844. The molecule has 25 heavy (non-hydrogen) atoms. The Morgan fingerprint density at radius 1 is 1.32 bits per heavy atom. The molecule has 2 aromatic carbocycles. The number of hydrogen-bond acceptors (Lipinski definition) is 5. The van der Waals surface area contributed by atoms with Gasteiger partial charge in [-0.05, 0) is 36.2 Å². The van der Waals surface area contributed by atoms with Crippen LogP contribution in [0.4, 0.5) is 11.4 Å². The number of hydrogen-bond donors (Lipinski definition) is 2. The lowest BCUT2D eigenvalue weighted by atomic mass is 10.0. The van der Waals surface area contributed by atoms with Crippen LogP contribution in [0.1, 0.15) is 28.4 Å². The van der Waals surface area contributed by atoms with E-state index in [2.05, 4.69) is 10.6 Å². The molecule has 2 N–H and O–H groups in total. The SMILES string of the molecule is CNc1ccc([N+](=O)[O-])cc1C(=O)NC1CCSc2ccc(Cl)cc21. The smallest absolute Gasteiger partial charge is 0.270 e. The molecule has 0 aromatic heterocycles. The summed E-state index contributed by atoms with van der Waals surface area (Å²) >= 11 is 7.82. The number of nitro benzene ring substituents is 1. The number of non-ortho nitro benzene ring substituents is 1. The second-order valence-electron chi connectivity index (χ2n) is 5.58. The molecule has 1 aliphatic rings. The third kappa shape index (κ3) is 3.72. The fraction of sp³-hybridized carbons (Fsp3) is 0.235. The van der Waals surface area contributed by atoms with Gasteiger partial charge in [0, 0.05) is 40.5 Å². The summed E-state index contributed by atoms with van der Waals surface area (Å²) in [6, 6.07) is 9.66. The number of nitro groups is 1. The minimum Gasteiger partial charge on any atom is -0.387 e. The molecular formula is C17H16ClN3O3S. The Hall–Kier alpha value is -2.25. The first-order chi connectivity index (χ1) is 12.0. The van der Waals surface area contributed by atoms with Gasteiger partial charge in [0.1, 0.15) is 0 Å². The van der Waals surface area contributed by atoms with Gasteiger partial charge in [-0.2, -0.15) is 0 Å². The molecular weight excluding hydrogens is 362 g/mol. The first-order valence-corrected chi connectivity index (χ1v) is 9.05. The van der Waals surface area contributed by atoms with E-state index in [1.807, 2.05) is 18.2 Å². The number of anilines is 1. The second kappa shape index (κ2) is 7.33. The van der Waals surface area contributed by atoms with E-state index < -0.39 is 4.92 Å². The van der Waals surface area contributed by atoms with E-state index in [0.717, 1.165) is 22.6 Å². The lowest BCUT2D eigenvalue weighted by Crippen LogP contribution is -2.31. The topological polar surface area (TPSA) is 84.3 Å². The molecule has 1 aliphatic heterocycles. The lowest BCUT2D eigenvalue weighted by Gasteiger charge is -2.26. The van der Waals surface area contributed by atoms with E-state index in [9.17, 15) is 14.9 Å². The van der Waals surface area contributed by atoms with Gasteiger partial charge in [0.25, 0.3) is 11.6 Å². The van der Waals surface area contributed by atoms with Gasteiger partial charge < -0.3 is 10.6 Å². The predicted molar refractivity (Wildman–Crippen MR) is 99.6 cm³/mol. The molecule has 130 valence electrons. The molecule has 0 saturated heterocycles. The molecule has 6 nitrogen and oxygen atoms in total. The van der Waals surface area contributed by atoms with Gasteiger partial charge >= 0.3 is 0 Å². The standard InChI is InChI=1S/C17H16ClN3O3S/c1-19-14-4-3-11(21(23)24)9-13(14)17(22)20-15-6-7-25-16-5-2-10(18)8-12(15)16/h2-5,8-9,15,19H,6-7H2,1H3,(H,20,22). The van der Waals surface area contributed by atoms with Crippen LogP contribution in [-0.4, -0.2) is 23.6 Å². The minimum atomic E-state index is -0.511. The molecule has 0 fully saturated rings. The summed E-state index contributed by atoms with van der Waals surface area (Å²) in [6.07, 6.45) is 0.771. The van der Waals surface area contributed by atoms with E-state index in [4.69, 9.17) is 11.6 Å². The lowest BCUT2D eigenvalue weighted by molar-refractivity contribution is -0.384. The summed E-state index contributed by atoms with van der Waals surface area (Å²) in [7, 11) is 1.67. The van der Waals surface area contributed by atoms with Gasteiger partial charge in [0.2, 0.25) is 0 Å². The van der Waals surface area contributed by atoms with Gasteiger partial charge in [0.05, 0.1) is 16.5 Å². The van der Waals surface area contributed by atoms with Crippen molar-refractivity contribution in [3.63, 3.8) is 0 Å². The van der Waals surface area contributed by atoms with Crippen molar-refractivity contribution >= 4 is 40.6 Å². The van der Waals surface area contributed by atoms with Crippen LogP contribution in [-0.2, 0) is 0 Å². The van der Waals surface area contributed by atoms with Crippen LogP contribution in [0.15, 0.2) is 41.3 Å². The number of nitrogens with one attached hydrogen (secondary N) is 2. The number of carbonyl (C=O) groups is 1. The number of benzene rings is 2. The Labute approximate surface area is 154 Å². The first-order valence-electron chi connectivity index (χ1n) is 7.69. The molecule has 1 heterocycles. The highest BCUT2D eigenvalue weighted by Crippen LogP contribution is 2.37. The molecule has 0 saturated carbocycles. The zero-order valence-corrected chi connectivity index (χ0v) is 15.0. The summed E-state index contributed by atoms with van der Waals surface area (Å²) in [4.78, 5) is 24.3. The van der Waals surface area contributed by atoms with Crippen molar-refractivity contribution in [1.29, 1.82) is 0 Å². The van der Waals surface area contributed by atoms with Crippen LogP contribution >= 0.6 is 23.4 Å². The number of fused-ring (bicyclic) bond motifs is 1. The summed E-state index contributed by atoms with van der Waals surface area (Å²) < 4.78 is 0. The van der Waals surface area contributed by atoms with Crippen LogP contribution in [0, 0.1) is 10.1 Å². The average Bonchev–Trinajstić information content (AvgIpc) is 2.61. The normalized spacial score (nSPS) is 16.0. The molecule has 0 spiro atoms. The molecule has 0 aliphatic carbocycles. The maximum atomic E-state index is 12.7. The van der Waals surface area contributed by atoms with Crippen LogP contribution in [0.3, 0.4) is 0 Å². The van der Waals surface area contributed by atoms with E-state index in [0.29, 0.717) is 10.7 Å². The van der Waals surface area contributed by atoms with E-state index in [-0.39, 0.29) is 23.2 Å². The van der Waals surface area contributed by atoms with Crippen molar-refractivity contribution in [1.82, 2.24) is 5.32 Å². The molecule has 1 atom stereocenters. The maximum absolute atomic E-state index is 12.7. The monoisotopic (exact) mass is 377 g/mol. The maximum Gasteiger partial charge on any atom is 0.270 e. The molecule has 1 amide bonds. The van der Waals surface area contributed by atoms with Crippen LogP contribution in [0.2, 0.25) is 5.02 Å². The second-order valence-corrected chi connectivity index (χ2v) is 7.16. The Kier molecular flexibility index (Phi) is 5.15. The molecule has 3 rings (SSSR count). The number of rotatable bonds is 4. The Balaban J connectivity index is 1.90. The van der Waals surface area contributed by atoms with Gasteiger partial charge in [-0.25, -0.2) is 0 Å². The highest BCUT2D eigenvalue weighted by Gasteiger charge is 2.25. The predicted octanol–water partition coefficient (Wildman–Crippen LogP) is 4.26. The summed E-state index contributed by atoms with van der Waals surface area (Å²) in [5.41, 5.74) is 1.65. The number of carbonyl (C=O) groups excluding carboxylic acids is 1. The van der Waals surface area contributed by atoms with Crippen LogP contribution in [0.25, 0.3) is 0 Å². The van der Waals surface area contributed by atoms with Crippen molar-refractivity contribution in [2.75, 3.05) is 18.1 Å². The summed E-state index contributed by atoms with van der Waals surface area (Å²) in [5.74, 6) is 0.531. The van der Waals surface area contributed by atoms with E-state index in [1.165, 1.54) is 18.2 Å². The third-order valence-corrected chi connectivity index (χ3v) is 5.40. The quantitative estimate of drug-likeness (QED) is 0.614. The van der Waals surface area contributed by atoms with Crippen LogP contribution < -0.4 is 10.6 Å². The number of amides is 1.